The van der Waals surface area contributed by atoms with Gasteiger partial charge in [0.05, 0.1) is 75.6 Å². The van der Waals surface area contributed by atoms with E-state index in [1.54, 1.807) is 0 Å². The van der Waals surface area contributed by atoms with Crippen molar-refractivity contribution in [3.05, 3.63) is 409 Å². The van der Waals surface area contributed by atoms with Crippen molar-refractivity contribution < 1.29 is 37.9 Å². The number of hydrogen-bond donors (Lipinski definition) is 2. The van der Waals surface area contributed by atoms with E-state index in [9.17, 15) is 0 Å². The van der Waals surface area contributed by atoms with Crippen molar-refractivity contribution >= 4 is 92.2 Å². The Morgan fingerprint density at radius 1 is 0.180 bits per heavy atom. The highest BCUT2D eigenvalue weighted by molar-refractivity contribution is 6.12. The minimum absolute atomic E-state index is 0.384. The van der Waals surface area contributed by atoms with E-state index >= 15 is 0 Å². The number of H-pyrrole nitrogens is 2. The van der Waals surface area contributed by atoms with Gasteiger partial charge in [-0.1, -0.05) is 340 Å². The lowest BCUT2D eigenvalue weighted by Gasteiger charge is -2.14. The Hall–Kier alpha value is -15.4. The minimum Gasteiger partial charge on any atom is -0.489 e. The van der Waals surface area contributed by atoms with Crippen molar-refractivity contribution in [2.24, 2.45) is 0 Å². The lowest BCUT2D eigenvalue weighted by atomic mass is 10.0. The summed E-state index contributed by atoms with van der Waals surface area (Å²) in [6, 6.07) is 108. The molecule has 2 aliphatic rings. The lowest BCUT2D eigenvalue weighted by molar-refractivity contribution is 0.275. The molecule has 15 aromatic rings. The highest BCUT2D eigenvalue weighted by atomic mass is 16.5. The zero-order chi connectivity index (χ0) is 86.4. The molecule has 2 aliphatic heterocycles. The van der Waals surface area contributed by atoms with Gasteiger partial charge < -0.3 is 47.9 Å². The number of fused-ring (bicyclic) bond motifs is 20. The lowest BCUT2D eigenvalue weighted by Crippen LogP contribution is -2.02. The molecule has 12 nitrogen and oxygen atoms in total. The van der Waals surface area contributed by atoms with Gasteiger partial charge in [0.25, 0.3) is 0 Å². The summed E-state index contributed by atoms with van der Waals surface area (Å²) in [7, 11) is 0. The minimum atomic E-state index is 0.384. The predicted molar refractivity (Wildman–Crippen MR) is 530 cm³/mol. The molecular formula is C116H102N4O8. The molecule has 128 heavy (non-hydrogen) atoms. The quantitative estimate of drug-likeness (QED) is 0.0358. The predicted octanol–water partition coefficient (Wildman–Crippen LogP) is 29.1. The SMILES string of the molecule is C(=C\c1ccccc1)/CCOc1cc2c(cc1OCC/C=C/c1ccccc1)-c1cc3[nH]c(cc4nc(cc5[nH]c(cc-2n1)c1cc(OCC/C=C/c2ccccc2)c(OCC/C=C/c2ccccc2)cc51)-c1cc(OCC/C=C/c2ccccc2)c(OCC/C=C/c2ccccc2)cc1-4)c1cc(OCC/C=C/c2ccccc2)c(OCC/C=C/c2ccccc2)cc31. The first-order chi connectivity index (χ1) is 63.5. The molecule has 0 atom stereocenters. The molecule has 634 valence electrons. The van der Waals surface area contributed by atoms with Gasteiger partial charge in [-0.05, 0) is 169 Å². The summed E-state index contributed by atoms with van der Waals surface area (Å²) in [5, 5.41) is 3.50. The van der Waals surface area contributed by atoms with Gasteiger partial charge >= 0.3 is 0 Å². The molecule has 5 heterocycles. The first kappa shape index (κ1) is 84.8. The van der Waals surface area contributed by atoms with E-state index < -0.39 is 0 Å². The maximum absolute atomic E-state index is 6.96. The molecule has 3 aromatic heterocycles. The number of ether oxygens (including phenoxy) is 8. The van der Waals surface area contributed by atoms with Gasteiger partial charge in [-0.3, -0.25) is 0 Å². The van der Waals surface area contributed by atoms with E-state index in [0.717, 1.165) is 110 Å². The summed E-state index contributed by atoms with van der Waals surface area (Å²) in [6.07, 6.45) is 39.5. The van der Waals surface area contributed by atoms with Crippen LogP contribution in [-0.4, -0.2) is 72.8 Å². The fraction of sp³-hybridized carbons (Fsp3) is 0.138. The highest BCUT2D eigenvalue weighted by Crippen LogP contribution is 2.49. The summed E-state index contributed by atoms with van der Waals surface area (Å²) < 4.78 is 55.6. The third-order valence-corrected chi connectivity index (χ3v) is 22.0. The third-order valence-electron chi connectivity index (χ3n) is 22.0. The molecule has 0 saturated carbocycles. The second-order valence-corrected chi connectivity index (χ2v) is 31.2. The average molecular weight is 1680 g/mol. The molecule has 0 radical (unpaired) electrons. The Kier molecular flexibility index (Phi) is 29.0. The van der Waals surface area contributed by atoms with Crippen molar-refractivity contribution in [2.45, 2.75) is 51.4 Å². The first-order valence-electron chi connectivity index (χ1n) is 44.3. The monoisotopic (exact) mass is 1680 g/mol. The van der Waals surface area contributed by atoms with Crippen LogP contribution < -0.4 is 37.9 Å². The molecule has 2 N–H and O–H groups in total. The second-order valence-electron chi connectivity index (χ2n) is 31.2. The molecule has 0 spiro atoms. The summed E-state index contributed by atoms with van der Waals surface area (Å²) in [5.74, 6) is 4.77. The fourth-order valence-corrected chi connectivity index (χ4v) is 15.5. The van der Waals surface area contributed by atoms with Gasteiger partial charge in [0.15, 0.2) is 46.0 Å². The van der Waals surface area contributed by atoms with Crippen LogP contribution in [0.3, 0.4) is 0 Å². The van der Waals surface area contributed by atoms with E-state index in [1.165, 1.54) is 0 Å². The average Bonchev–Trinajstić information content (AvgIpc) is 1.59. The van der Waals surface area contributed by atoms with Gasteiger partial charge in [0.2, 0.25) is 0 Å². The third kappa shape index (κ3) is 23.0. The van der Waals surface area contributed by atoms with Crippen molar-refractivity contribution in [3.8, 4) is 91.0 Å². The molecule has 0 saturated heterocycles. The normalized spacial score (nSPS) is 12.0. The van der Waals surface area contributed by atoms with Crippen LogP contribution in [0.4, 0.5) is 0 Å². The van der Waals surface area contributed by atoms with Crippen molar-refractivity contribution in [2.75, 3.05) is 52.9 Å². The van der Waals surface area contributed by atoms with E-state index in [2.05, 4.69) is 374 Å². The number of nitrogens with zero attached hydrogens (tertiary/aromatic N) is 2. The van der Waals surface area contributed by atoms with Crippen molar-refractivity contribution in [1.82, 2.24) is 19.9 Å². The summed E-state index contributed by atoms with van der Waals surface area (Å²) in [6.45, 7) is 3.08. The Labute approximate surface area is 749 Å². The summed E-state index contributed by atoms with van der Waals surface area (Å²) in [5.41, 5.74) is 18.2. The van der Waals surface area contributed by atoms with Gasteiger partial charge in [0, 0.05) is 65.9 Å². The number of hydrogen-bond acceptors (Lipinski definition) is 10. The molecule has 0 fully saturated rings. The van der Waals surface area contributed by atoms with E-state index in [0.29, 0.717) is 173 Å². The van der Waals surface area contributed by atoms with Crippen LogP contribution in [0, 0.1) is 0 Å². The Balaban J connectivity index is 0.868. The highest BCUT2D eigenvalue weighted by Gasteiger charge is 2.27. The Morgan fingerprint density at radius 2 is 0.328 bits per heavy atom. The maximum atomic E-state index is 6.96. The summed E-state index contributed by atoms with van der Waals surface area (Å²) >= 11 is 0. The number of benzene rings is 12. The molecular weight excluding hydrogens is 1580 g/mol. The summed E-state index contributed by atoms with van der Waals surface area (Å²) in [4.78, 5) is 19.6. The van der Waals surface area contributed by atoms with Crippen LogP contribution in [0.5, 0.6) is 46.0 Å². The second kappa shape index (κ2) is 43.8. The smallest absolute Gasteiger partial charge is 0.161 e. The standard InChI is InChI=1S/C116H102N4O8/c1-9-41-85(42-10-1)57-25-33-65-121-109-73-93-94(74-110(109)122-66-34-26-58-86-43-11-2-12-44-86)102-82-104-97-77-113(125-69-37-29-61-89-49-17-5-18-50-89)114(126-70-38-30-62-90-51-19-6-20-52-90)78-98(97)106(119-104)84-108-100-80-116(128-72-40-32-64-92-55-23-8-24-56-92)115(127-71-39-31-63-91-53-21-7-22-54-91)79-99(100)107(120-108)83-105-96-76-112(124-68-36-28-60-88-47-15-4-16-48-88)111(75-95(96)103(118-105)81-101(93)117-102)123-67-35-27-59-87-45-13-3-14-46-87/h1-32,41-64,73-84,117,120H,33-40,65-72H2/b57-25+,58-26+,59-27+,60-28+,61-29+,62-30+,63-31+,64-32+,101-81?,102-82?,103-81?,104-82?,105-83?,106-84?,107-83?,108-84?. The van der Waals surface area contributed by atoms with E-state index in [-0.39, 0.29) is 0 Å². The fourth-order valence-electron chi connectivity index (χ4n) is 15.5. The number of rotatable bonds is 40. The molecule has 12 aromatic carbocycles. The molecule has 0 aliphatic carbocycles. The number of aromatic nitrogens is 4. The number of nitrogens with one attached hydrogen (secondary N) is 2. The van der Waals surface area contributed by atoms with Crippen LogP contribution in [0.25, 0.3) is 137 Å². The van der Waals surface area contributed by atoms with Crippen LogP contribution in [0.2, 0.25) is 0 Å². The topological polar surface area (TPSA) is 131 Å². The van der Waals surface area contributed by atoms with Crippen LogP contribution in [-0.2, 0) is 0 Å². The molecule has 12 heteroatoms. The first-order valence-corrected chi connectivity index (χ1v) is 44.3. The van der Waals surface area contributed by atoms with Gasteiger partial charge in [-0.2, -0.15) is 0 Å². The molecule has 0 amide bonds. The molecule has 17 rings (SSSR count). The molecule has 0 unspecified atom stereocenters. The van der Waals surface area contributed by atoms with Gasteiger partial charge in [-0.15, -0.1) is 0 Å². The van der Waals surface area contributed by atoms with Gasteiger partial charge in [0.1, 0.15) is 0 Å². The largest absolute Gasteiger partial charge is 0.489 e. The molecule has 8 bridgehead atoms. The van der Waals surface area contributed by atoms with E-state index in [4.69, 9.17) is 47.9 Å². The Bertz CT molecular complexity index is 5860. The van der Waals surface area contributed by atoms with Gasteiger partial charge in [-0.25, -0.2) is 9.97 Å². The Morgan fingerprint density at radius 3 is 0.484 bits per heavy atom. The zero-order valence-corrected chi connectivity index (χ0v) is 71.7. The van der Waals surface area contributed by atoms with Crippen molar-refractivity contribution in [1.29, 1.82) is 0 Å². The van der Waals surface area contributed by atoms with Crippen LogP contribution in [0.15, 0.2) is 364 Å². The van der Waals surface area contributed by atoms with E-state index in [1.807, 2.05) is 48.5 Å². The van der Waals surface area contributed by atoms with Crippen molar-refractivity contribution in [3.63, 3.8) is 0 Å². The van der Waals surface area contributed by atoms with Crippen LogP contribution in [0.1, 0.15) is 95.9 Å². The zero-order valence-electron chi connectivity index (χ0n) is 71.7. The number of aromatic amines is 2. The maximum Gasteiger partial charge on any atom is 0.161 e. The van der Waals surface area contributed by atoms with Crippen LogP contribution >= 0.6 is 0 Å².